The summed E-state index contributed by atoms with van der Waals surface area (Å²) in [5.41, 5.74) is 10.5. The Hall–Kier alpha value is -1.29. The van der Waals surface area contributed by atoms with Gasteiger partial charge in [0.15, 0.2) is 0 Å². The molecule has 4 heteroatoms. The molecule has 2 N–H and O–H groups in total. The highest BCUT2D eigenvalue weighted by molar-refractivity contribution is 9.10. The minimum absolute atomic E-state index is 0.349. The Morgan fingerprint density at radius 3 is 2.56 bits per heavy atom. The van der Waals surface area contributed by atoms with Crippen LogP contribution in [0.5, 0.6) is 0 Å². The number of hydrogen-bond donors (Lipinski definition) is 1. The van der Waals surface area contributed by atoms with Crippen molar-refractivity contribution in [1.29, 1.82) is 0 Å². The topological polar surface area (TPSA) is 43.8 Å². The van der Waals surface area contributed by atoms with Crippen molar-refractivity contribution in [2.24, 2.45) is 7.05 Å². The van der Waals surface area contributed by atoms with E-state index in [1.165, 1.54) is 5.56 Å². The Labute approximate surface area is 116 Å². The van der Waals surface area contributed by atoms with Gasteiger partial charge in [0.2, 0.25) is 0 Å². The highest BCUT2D eigenvalue weighted by Gasteiger charge is 2.19. The Balaban J connectivity index is 2.67. The molecule has 1 aromatic carbocycles. The highest BCUT2D eigenvalue weighted by Crippen LogP contribution is 2.36. The van der Waals surface area contributed by atoms with Crippen molar-refractivity contribution in [3.63, 3.8) is 0 Å². The molecule has 1 aromatic heterocycles. The highest BCUT2D eigenvalue weighted by atomic mass is 79.9. The fourth-order valence-corrected chi connectivity index (χ4v) is 2.81. The molecule has 0 radical (unpaired) electrons. The van der Waals surface area contributed by atoms with Crippen LogP contribution in [0.4, 0.5) is 5.82 Å². The number of rotatable bonds is 2. The molecule has 1 heterocycles. The zero-order valence-corrected chi connectivity index (χ0v) is 12.7. The van der Waals surface area contributed by atoms with E-state index in [1.54, 1.807) is 4.68 Å². The third-order valence-electron chi connectivity index (χ3n) is 3.09. The lowest BCUT2D eigenvalue weighted by atomic mass is 9.98. The van der Waals surface area contributed by atoms with Gasteiger partial charge in [-0.05, 0) is 24.5 Å². The zero-order valence-electron chi connectivity index (χ0n) is 11.2. The molecule has 0 bridgehead atoms. The van der Waals surface area contributed by atoms with Crippen LogP contribution < -0.4 is 5.73 Å². The van der Waals surface area contributed by atoms with Gasteiger partial charge in [-0.15, -0.1) is 0 Å². The number of anilines is 1. The first-order valence-corrected chi connectivity index (χ1v) is 6.80. The van der Waals surface area contributed by atoms with Gasteiger partial charge in [-0.2, -0.15) is 5.10 Å². The Morgan fingerprint density at radius 1 is 1.33 bits per heavy atom. The van der Waals surface area contributed by atoms with Crippen LogP contribution in [0.1, 0.15) is 30.9 Å². The van der Waals surface area contributed by atoms with E-state index in [0.29, 0.717) is 5.92 Å². The normalized spacial score (nSPS) is 11.2. The molecule has 0 amide bonds. The molecule has 2 aromatic rings. The van der Waals surface area contributed by atoms with Crippen LogP contribution in [0.3, 0.4) is 0 Å². The third-order valence-corrected chi connectivity index (χ3v) is 3.74. The lowest BCUT2D eigenvalue weighted by Gasteiger charge is -2.09. The van der Waals surface area contributed by atoms with Gasteiger partial charge in [-0.1, -0.05) is 41.9 Å². The lowest BCUT2D eigenvalue weighted by molar-refractivity contribution is 0.779. The van der Waals surface area contributed by atoms with Gasteiger partial charge in [0, 0.05) is 22.6 Å². The van der Waals surface area contributed by atoms with E-state index in [9.17, 15) is 0 Å². The average molecular weight is 308 g/mol. The van der Waals surface area contributed by atoms with Crippen LogP contribution in [0.2, 0.25) is 0 Å². The maximum absolute atomic E-state index is 6.11. The molecule has 0 saturated carbocycles. The number of aromatic nitrogens is 2. The predicted molar refractivity (Wildman–Crippen MR) is 79.6 cm³/mol. The maximum Gasteiger partial charge on any atom is 0.125 e. The number of hydrogen-bond acceptors (Lipinski definition) is 2. The number of halogens is 1. The number of aryl methyl sites for hydroxylation is 2. The molecule has 0 aliphatic carbocycles. The van der Waals surface area contributed by atoms with Crippen LogP contribution >= 0.6 is 15.9 Å². The van der Waals surface area contributed by atoms with Crippen molar-refractivity contribution in [3.8, 4) is 11.3 Å². The number of nitrogen functional groups attached to an aromatic ring is 1. The van der Waals surface area contributed by atoms with Gasteiger partial charge in [0.25, 0.3) is 0 Å². The molecule has 0 unspecified atom stereocenters. The van der Waals surface area contributed by atoms with E-state index in [2.05, 4.69) is 60.0 Å². The van der Waals surface area contributed by atoms with Crippen molar-refractivity contribution in [3.05, 3.63) is 33.8 Å². The van der Waals surface area contributed by atoms with E-state index < -0.39 is 0 Å². The van der Waals surface area contributed by atoms with Crippen LogP contribution in [0.15, 0.2) is 22.7 Å². The summed E-state index contributed by atoms with van der Waals surface area (Å²) in [5.74, 6) is 1.09. The van der Waals surface area contributed by atoms with Crippen LogP contribution in [0, 0.1) is 6.92 Å². The van der Waals surface area contributed by atoms with E-state index >= 15 is 0 Å². The molecule has 0 spiro atoms. The molecule has 3 nitrogen and oxygen atoms in total. The third kappa shape index (κ3) is 2.17. The second kappa shape index (κ2) is 4.76. The minimum Gasteiger partial charge on any atom is -0.384 e. The molecule has 18 heavy (non-hydrogen) atoms. The van der Waals surface area contributed by atoms with Gasteiger partial charge < -0.3 is 5.73 Å². The summed E-state index contributed by atoms with van der Waals surface area (Å²) in [7, 11) is 1.88. The first kappa shape index (κ1) is 13.1. The van der Waals surface area contributed by atoms with Crippen molar-refractivity contribution in [2.45, 2.75) is 26.7 Å². The van der Waals surface area contributed by atoms with E-state index in [4.69, 9.17) is 5.73 Å². The molecular formula is C14H18BrN3. The first-order chi connectivity index (χ1) is 8.41. The number of nitrogens with two attached hydrogens (primary N) is 1. The SMILES string of the molecule is Cc1ccc(-c2nn(C)c(N)c2C(C)C)c(Br)c1. The van der Waals surface area contributed by atoms with Crippen molar-refractivity contribution in [2.75, 3.05) is 5.73 Å². The van der Waals surface area contributed by atoms with Crippen LogP contribution in [-0.4, -0.2) is 9.78 Å². The molecule has 0 saturated heterocycles. The predicted octanol–water partition coefficient (Wildman–Crippen LogP) is 3.86. The Morgan fingerprint density at radius 2 is 2.00 bits per heavy atom. The monoisotopic (exact) mass is 307 g/mol. The van der Waals surface area contributed by atoms with Gasteiger partial charge in [-0.3, -0.25) is 4.68 Å². The summed E-state index contributed by atoms with van der Waals surface area (Å²) in [6.07, 6.45) is 0. The molecule has 2 rings (SSSR count). The lowest BCUT2D eigenvalue weighted by Crippen LogP contribution is -2.00. The fraction of sp³-hybridized carbons (Fsp3) is 0.357. The largest absolute Gasteiger partial charge is 0.384 e. The number of nitrogens with zero attached hydrogens (tertiary/aromatic N) is 2. The minimum atomic E-state index is 0.349. The molecule has 0 fully saturated rings. The van der Waals surface area contributed by atoms with Crippen molar-refractivity contribution in [1.82, 2.24) is 9.78 Å². The molecule has 0 atom stereocenters. The van der Waals surface area contributed by atoms with E-state index in [1.807, 2.05) is 7.05 Å². The van der Waals surface area contributed by atoms with E-state index in [-0.39, 0.29) is 0 Å². The summed E-state index contributed by atoms with van der Waals surface area (Å²) in [6, 6.07) is 6.28. The molecular weight excluding hydrogens is 290 g/mol. The summed E-state index contributed by atoms with van der Waals surface area (Å²) >= 11 is 3.61. The standard InChI is InChI=1S/C14H18BrN3/c1-8(2)12-13(17-18(4)14(12)16)10-6-5-9(3)7-11(10)15/h5-8H,16H2,1-4H3. The second-order valence-corrected chi connectivity index (χ2v) is 5.76. The van der Waals surface area contributed by atoms with Crippen LogP contribution in [-0.2, 0) is 7.05 Å². The Bertz CT molecular complexity index is 585. The van der Waals surface area contributed by atoms with Crippen LogP contribution in [0.25, 0.3) is 11.3 Å². The summed E-state index contributed by atoms with van der Waals surface area (Å²) in [4.78, 5) is 0. The van der Waals surface area contributed by atoms with Gasteiger partial charge in [0.1, 0.15) is 5.82 Å². The van der Waals surface area contributed by atoms with Gasteiger partial charge in [0.05, 0.1) is 5.69 Å². The first-order valence-electron chi connectivity index (χ1n) is 6.00. The van der Waals surface area contributed by atoms with E-state index in [0.717, 1.165) is 27.1 Å². The summed E-state index contributed by atoms with van der Waals surface area (Å²) < 4.78 is 2.80. The maximum atomic E-state index is 6.11. The summed E-state index contributed by atoms with van der Waals surface area (Å²) in [6.45, 7) is 6.35. The summed E-state index contributed by atoms with van der Waals surface area (Å²) in [5, 5.41) is 4.55. The van der Waals surface area contributed by atoms with Gasteiger partial charge >= 0.3 is 0 Å². The molecule has 0 aliphatic heterocycles. The molecule has 0 aliphatic rings. The average Bonchev–Trinajstić information content (AvgIpc) is 2.55. The smallest absolute Gasteiger partial charge is 0.125 e. The zero-order chi connectivity index (χ0) is 13.4. The second-order valence-electron chi connectivity index (χ2n) is 4.91. The molecule has 96 valence electrons. The van der Waals surface area contributed by atoms with Crippen molar-refractivity contribution >= 4 is 21.7 Å². The van der Waals surface area contributed by atoms with Gasteiger partial charge in [-0.25, -0.2) is 0 Å². The number of benzene rings is 1. The fourth-order valence-electron chi connectivity index (χ4n) is 2.13. The van der Waals surface area contributed by atoms with Crippen molar-refractivity contribution < 1.29 is 0 Å². The Kier molecular flexibility index (Phi) is 3.48. The quantitative estimate of drug-likeness (QED) is 0.915.